The van der Waals surface area contributed by atoms with Crippen LogP contribution in [0.1, 0.15) is 23.2 Å². The second kappa shape index (κ2) is 5.51. The van der Waals surface area contributed by atoms with E-state index < -0.39 is 0 Å². The molecule has 2 aliphatic rings. The van der Waals surface area contributed by atoms with Crippen LogP contribution in [0.25, 0.3) is 0 Å². The number of nitrogens with one attached hydrogen (secondary N) is 1. The van der Waals surface area contributed by atoms with Gasteiger partial charge in [0.15, 0.2) is 0 Å². The van der Waals surface area contributed by atoms with Gasteiger partial charge in [-0.05, 0) is 62.0 Å². The minimum Gasteiger partial charge on any atom is -0.339 e. The Kier molecular flexibility index (Phi) is 3.76. The minimum atomic E-state index is 0.143. The van der Waals surface area contributed by atoms with Gasteiger partial charge in [0, 0.05) is 23.7 Å². The van der Waals surface area contributed by atoms with Gasteiger partial charge >= 0.3 is 0 Å². The molecule has 1 aromatic carbocycles. The van der Waals surface area contributed by atoms with Crippen molar-refractivity contribution >= 4 is 17.5 Å². The van der Waals surface area contributed by atoms with E-state index in [-0.39, 0.29) is 5.91 Å². The topological polar surface area (TPSA) is 32.3 Å². The number of carbonyl (C=O) groups excluding carboxylic acids is 1. The van der Waals surface area contributed by atoms with Crippen LogP contribution in [0.4, 0.5) is 0 Å². The summed E-state index contributed by atoms with van der Waals surface area (Å²) in [5.74, 6) is 1.65. The van der Waals surface area contributed by atoms with Crippen molar-refractivity contribution in [2.24, 2.45) is 11.8 Å². The summed E-state index contributed by atoms with van der Waals surface area (Å²) in [4.78, 5) is 14.5. The molecule has 0 unspecified atom stereocenters. The molecule has 2 saturated heterocycles. The molecule has 2 atom stereocenters. The van der Waals surface area contributed by atoms with Crippen molar-refractivity contribution in [2.75, 3.05) is 26.2 Å². The van der Waals surface area contributed by atoms with Crippen LogP contribution in [0, 0.1) is 11.8 Å². The van der Waals surface area contributed by atoms with Crippen LogP contribution < -0.4 is 5.32 Å². The maximum Gasteiger partial charge on any atom is 0.253 e. The van der Waals surface area contributed by atoms with Crippen LogP contribution in [0.3, 0.4) is 0 Å². The van der Waals surface area contributed by atoms with Gasteiger partial charge in [0.05, 0.1) is 0 Å². The second-order valence-electron chi connectivity index (χ2n) is 5.55. The first-order valence-corrected chi connectivity index (χ1v) is 7.37. The number of amides is 1. The number of rotatable bonds is 1. The van der Waals surface area contributed by atoms with Crippen LogP contribution >= 0.6 is 11.6 Å². The lowest BCUT2D eigenvalue weighted by molar-refractivity contribution is 0.0758. The van der Waals surface area contributed by atoms with E-state index in [0.717, 1.165) is 56.4 Å². The van der Waals surface area contributed by atoms with Crippen LogP contribution in [0.2, 0.25) is 5.02 Å². The molecule has 2 heterocycles. The van der Waals surface area contributed by atoms with Crippen molar-refractivity contribution in [3.63, 3.8) is 0 Å². The molecule has 0 radical (unpaired) electrons. The maximum atomic E-state index is 12.5. The Bertz CT molecular complexity index is 446. The number of hydrogen-bond acceptors (Lipinski definition) is 2. The molecule has 0 spiro atoms. The summed E-state index contributed by atoms with van der Waals surface area (Å²) in [6, 6.07) is 7.20. The Morgan fingerprint density at radius 1 is 1.11 bits per heavy atom. The van der Waals surface area contributed by atoms with Gasteiger partial charge in [0.25, 0.3) is 5.91 Å². The third kappa shape index (κ3) is 2.77. The van der Waals surface area contributed by atoms with Crippen LogP contribution in [0.15, 0.2) is 24.3 Å². The van der Waals surface area contributed by atoms with E-state index in [1.807, 2.05) is 17.0 Å². The lowest BCUT2D eigenvalue weighted by Gasteiger charge is -2.21. The minimum absolute atomic E-state index is 0.143. The fourth-order valence-corrected chi connectivity index (χ4v) is 3.32. The van der Waals surface area contributed by atoms with Gasteiger partial charge in [-0.2, -0.15) is 0 Å². The third-order valence-corrected chi connectivity index (χ3v) is 4.65. The number of carbonyl (C=O) groups is 1. The zero-order valence-electron chi connectivity index (χ0n) is 10.9. The van der Waals surface area contributed by atoms with Crippen molar-refractivity contribution in [1.82, 2.24) is 10.2 Å². The first-order chi connectivity index (χ1) is 9.24. The molecule has 3 rings (SSSR count). The molecule has 1 N–H and O–H groups in total. The first-order valence-electron chi connectivity index (χ1n) is 6.99. The van der Waals surface area contributed by atoms with Crippen LogP contribution in [-0.2, 0) is 0 Å². The zero-order chi connectivity index (χ0) is 13.2. The molecule has 3 nitrogen and oxygen atoms in total. The monoisotopic (exact) mass is 278 g/mol. The quantitative estimate of drug-likeness (QED) is 0.856. The first kappa shape index (κ1) is 12.9. The summed E-state index contributed by atoms with van der Waals surface area (Å²) in [7, 11) is 0. The Morgan fingerprint density at radius 2 is 1.68 bits per heavy atom. The van der Waals surface area contributed by atoms with E-state index in [0.29, 0.717) is 5.02 Å². The SMILES string of the molecule is O=C(c1ccc(Cl)cc1)N1CC[C@@H]2CNC[C@@H]2CC1. The predicted molar refractivity (Wildman–Crippen MR) is 76.4 cm³/mol. The Labute approximate surface area is 118 Å². The molecular formula is C15H19ClN2O. The number of halogens is 1. The van der Waals surface area contributed by atoms with Crippen LogP contribution in [0.5, 0.6) is 0 Å². The average molecular weight is 279 g/mol. The Morgan fingerprint density at radius 3 is 2.26 bits per heavy atom. The number of hydrogen-bond donors (Lipinski definition) is 1. The van der Waals surface area contributed by atoms with Gasteiger partial charge in [-0.25, -0.2) is 0 Å². The molecule has 1 amide bonds. The molecule has 102 valence electrons. The van der Waals surface area contributed by atoms with Crippen molar-refractivity contribution in [1.29, 1.82) is 0 Å². The largest absolute Gasteiger partial charge is 0.339 e. The highest BCUT2D eigenvalue weighted by atomic mass is 35.5. The highest BCUT2D eigenvalue weighted by Crippen LogP contribution is 2.27. The van der Waals surface area contributed by atoms with E-state index in [4.69, 9.17) is 11.6 Å². The molecule has 0 saturated carbocycles. The van der Waals surface area contributed by atoms with Gasteiger partial charge < -0.3 is 10.2 Å². The lowest BCUT2D eigenvalue weighted by Crippen LogP contribution is -2.32. The molecule has 1 aromatic rings. The van der Waals surface area contributed by atoms with Crippen molar-refractivity contribution in [3.8, 4) is 0 Å². The lowest BCUT2D eigenvalue weighted by atomic mass is 9.92. The predicted octanol–water partition coefficient (Wildman–Crippen LogP) is 2.41. The van der Waals surface area contributed by atoms with Gasteiger partial charge in [-0.15, -0.1) is 0 Å². The standard InChI is InChI=1S/C15H19ClN2O/c16-14-3-1-11(2-4-14)15(19)18-7-5-12-9-17-10-13(12)6-8-18/h1-4,12-13,17H,5-10H2/t12-,13+. The van der Waals surface area contributed by atoms with Crippen molar-refractivity contribution < 1.29 is 4.79 Å². The van der Waals surface area contributed by atoms with Crippen LogP contribution in [-0.4, -0.2) is 37.0 Å². The molecule has 2 fully saturated rings. The van der Waals surface area contributed by atoms with Crippen molar-refractivity contribution in [2.45, 2.75) is 12.8 Å². The molecule has 0 bridgehead atoms. The second-order valence-corrected chi connectivity index (χ2v) is 5.99. The Balaban J connectivity index is 1.68. The molecule has 2 aliphatic heterocycles. The highest BCUT2D eigenvalue weighted by Gasteiger charge is 2.31. The summed E-state index contributed by atoms with van der Waals surface area (Å²) in [5, 5.41) is 4.13. The number of nitrogens with zero attached hydrogens (tertiary/aromatic N) is 1. The number of likely N-dealkylation sites (tertiary alicyclic amines) is 1. The summed E-state index contributed by atoms with van der Waals surface area (Å²) in [5.41, 5.74) is 0.745. The fraction of sp³-hybridized carbons (Fsp3) is 0.533. The van der Waals surface area contributed by atoms with Crippen molar-refractivity contribution in [3.05, 3.63) is 34.9 Å². The average Bonchev–Trinajstić information content (AvgIpc) is 2.78. The van der Waals surface area contributed by atoms with E-state index in [9.17, 15) is 4.79 Å². The zero-order valence-corrected chi connectivity index (χ0v) is 11.7. The highest BCUT2D eigenvalue weighted by molar-refractivity contribution is 6.30. The van der Waals surface area contributed by atoms with Gasteiger partial charge in [-0.3, -0.25) is 4.79 Å². The summed E-state index contributed by atoms with van der Waals surface area (Å²) in [6.07, 6.45) is 2.24. The van der Waals surface area contributed by atoms with Gasteiger partial charge in [-0.1, -0.05) is 11.6 Å². The van der Waals surface area contributed by atoms with E-state index in [1.54, 1.807) is 12.1 Å². The molecule has 0 aromatic heterocycles. The molecule has 4 heteroatoms. The summed E-state index contributed by atoms with van der Waals surface area (Å²) in [6.45, 7) is 4.00. The smallest absolute Gasteiger partial charge is 0.253 e. The third-order valence-electron chi connectivity index (χ3n) is 4.40. The summed E-state index contributed by atoms with van der Waals surface area (Å²) < 4.78 is 0. The van der Waals surface area contributed by atoms with E-state index in [1.165, 1.54) is 0 Å². The number of fused-ring (bicyclic) bond motifs is 1. The van der Waals surface area contributed by atoms with E-state index in [2.05, 4.69) is 5.32 Å². The molecule has 19 heavy (non-hydrogen) atoms. The molecular weight excluding hydrogens is 260 g/mol. The maximum absolute atomic E-state index is 12.5. The molecule has 0 aliphatic carbocycles. The summed E-state index contributed by atoms with van der Waals surface area (Å²) >= 11 is 5.86. The van der Waals surface area contributed by atoms with Gasteiger partial charge in [0.1, 0.15) is 0 Å². The number of benzene rings is 1. The van der Waals surface area contributed by atoms with Gasteiger partial charge in [0.2, 0.25) is 0 Å². The van der Waals surface area contributed by atoms with E-state index >= 15 is 0 Å². The Hall–Kier alpha value is -1.06. The fourth-order valence-electron chi connectivity index (χ4n) is 3.20. The normalized spacial score (nSPS) is 26.9.